The molecule has 0 aromatic heterocycles. The van der Waals surface area contributed by atoms with Crippen LogP contribution < -0.4 is 17.2 Å². The fraction of sp³-hybridized carbons (Fsp3) is 1.00. The molecule has 0 N–H and O–H groups in total. The van der Waals surface area contributed by atoms with Gasteiger partial charge in [0.1, 0.15) is 0 Å². The number of rotatable bonds is 2. The van der Waals surface area contributed by atoms with Gasteiger partial charge in [-0.15, -0.1) is 0 Å². The predicted molar refractivity (Wildman–Crippen MR) is 62.0 cm³/mol. The maximum atomic E-state index is 2.89. The van der Waals surface area contributed by atoms with E-state index in [1.807, 2.05) is 0 Å². The van der Waals surface area contributed by atoms with E-state index in [0.29, 0.717) is 17.2 Å². The molecule has 2 unspecified atom stereocenters. The molecule has 2 aliphatic heterocycles. The van der Waals surface area contributed by atoms with Gasteiger partial charge in [0.25, 0.3) is 0 Å². The number of likely N-dealkylation sites (N-methyl/N-ethyl adjacent to an activating group) is 1. The Hall–Kier alpha value is 1.38. The van der Waals surface area contributed by atoms with E-state index >= 15 is 0 Å². The summed E-state index contributed by atoms with van der Waals surface area (Å²) >= 11 is -0.0200. The molecule has 0 saturated carbocycles. The number of alkyl halides is 2. The van der Waals surface area contributed by atoms with Crippen LogP contribution >= 0.6 is 16.1 Å². The number of fused-ring (bicyclic) bond motifs is 2. The van der Waals surface area contributed by atoms with Crippen molar-refractivity contribution >= 4 is 16.1 Å². The summed E-state index contributed by atoms with van der Waals surface area (Å²) in [4.78, 5) is 7.68. The van der Waals surface area contributed by atoms with Gasteiger partial charge < -0.3 is 0 Å². The van der Waals surface area contributed by atoms with Crippen LogP contribution in [0.5, 0.6) is 0 Å². The van der Waals surface area contributed by atoms with Crippen LogP contribution in [0, 0.1) is 0 Å². The first-order valence-corrected chi connectivity index (χ1v) is 16.4. The molecule has 2 atom stereocenters. The van der Waals surface area contributed by atoms with E-state index in [1.54, 1.807) is 0 Å². The Morgan fingerprint density at radius 2 is 1.77 bits per heavy atom. The topological polar surface area (TPSA) is 6.48 Å². The van der Waals surface area contributed by atoms with Gasteiger partial charge in [0, 0.05) is 0 Å². The molecule has 2 fully saturated rings. The van der Waals surface area contributed by atoms with Gasteiger partial charge >= 0.3 is 96.3 Å². The van der Waals surface area contributed by atoms with E-state index in [2.05, 4.69) is 24.9 Å². The molecule has 4 heteroatoms. The van der Waals surface area contributed by atoms with Crippen molar-refractivity contribution in [2.24, 2.45) is 0 Å². The Labute approximate surface area is 95.5 Å². The third-order valence-corrected chi connectivity index (χ3v) is 18.6. The van der Waals surface area contributed by atoms with E-state index < -0.39 is 16.1 Å². The van der Waals surface area contributed by atoms with Crippen LogP contribution in [-0.2, 0) is 0 Å². The van der Waals surface area contributed by atoms with E-state index in [-0.39, 0.29) is 0 Å². The van der Waals surface area contributed by atoms with Gasteiger partial charge in [0.05, 0.1) is 0 Å². The molecule has 2 aliphatic rings. The van der Waals surface area contributed by atoms with E-state index in [9.17, 15) is 0 Å². The molecule has 80 valence electrons. The molecule has 13 heavy (non-hydrogen) atoms. The first-order valence-electron chi connectivity index (χ1n) is 4.80. The minimum atomic E-state index is -0.578. The van der Waals surface area contributed by atoms with Gasteiger partial charge in [-0.3, -0.25) is 0 Å². The first-order chi connectivity index (χ1) is 6.22. The standard InChI is InChI=1S/C9H19I2N2/c1-10-11(2)13-6-8-4-5-9(7-13)12(8)3/h8-9H,4-7H2,1-3H3/q-1. The summed E-state index contributed by atoms with van der Waals surface area (Å²) in [5.74, 6) is 0. The molecule has 2 bridgehead atoms. The van der Waals surface area contributed by atoms with Crippen molar-refractivity contribution in [2.45, 2.75) is 24.9 Å². The third-order valence-electron chi connectivity index (χ3n) is 3.34. The van der Waals surface area contributed by atoms with E-state index in [0.717, 1.165) is 12.1 Å². The van der Waals surface area contributed by atoms with Crippen molar-refractivity contribution < 1.29 is 17.2 Å². The number of hydrogen-bond donors (Lipinski definition) is 0. The van der Waals surface area contributed by atoms with Crippen molar-refractivity contribution in [3.05, 3.63) is 0 Å². The molecule has 0 radical (unpaired) electrons. The van der Waals surface area contributed by atoms with Crippen LogP contribution in [0.1, 0.15) is 12.8 Å². The second-order valence-corrected chi connectivity index (χ2v) is 21.6. The van der Waals surface area contributed by atoms with Crippen molar-refractivity contribution in [2.75, 3.05) is 30.0 Å². The minimum absolute atomic E-state index is 0.558. The van der Waals surface area contributed by atoms with Crippen molar-refractivity contribution in [3.63, 3.8) is 0 Å². The van der Waals surface area contributed by atoms with Crippen LogP contribution in [0.4, 0.5) is 0 Å². The Bertz CT molecular complexity index is 174. The molecular weight excluding hydrogens is 390 g/mol. The van der Waals surface area contributed by atoms with Gasteiger partial charge in [-0.2, -0.15) is 0 Å². The van der Waals surface area contributed by atoms with Crippen LogP contribution in [0.2, 0.25) is 0 Å². The van der Waals surface area contributed by atoms with Gasteiger partial charge in [-0.1, -0.05) is 0 Å². The van der Waals surface area contributed by atoms with Gasteiger partial charge in [-0.05, 0) is 0 Å². The second-order valence-electron chi connectivity index (χ2n) is 3.90. The van der Waals surface area contributed by atoms with Crippen molar-refractivity contribution in [3.8, 4) is 0 Å². The number of nitrogens with zero attached hydrogens (tertiary/aromatic N) is 2. The Kier molecular flexibility index (Phi) is 3.76. The summed E-state index contributed by atoms with van der Waals surface area (Å²) < 4.78 is 2.89. The average Bonchev–Trinajstić information content (AvgIpc) is 2.42. The Morgan fingerprint density at radius 1 is 1.23 bits per heavy atom. The second kappa shape index (κ2) is 4.49. The molecule has 2 saturated heterocycles. The zero-order valence-electron chi connectivity index (χ0n) is 8.63. The molecule has 0 aromatic rings. The fourth-order valence-corrected chi connectivity index (χ4v) is 10.3. The molecular formula is C9H19I2N2-. The molecule has 2 heterocycles. The molecule has 2 nitrogen and oxygen atoms in total. The van der Waals surface area contributed by atoms with Gasteiger partial charge in [-0.25, -0.2) is 0 Å². The molecule has 0 spiro atoms. The summed E-state index contributed by atoms with van der Waals surface area (Å²) in [7, 11) is 2.33. The Morgan fingerprint density at radius 3 is 2.23 bits per heavy atom. The quantitative estimate of drug-likeness (QED) is 0.310. The van der Waals surface area contributed by atoms with E-state index in [4.69, 9.17) is 0 Å². The summed E-state index contributed by atoms with van der Waals surface area (Å²) in [6.45, 7) is 2.81. The van der Waals surface area contributed by atoms with E-state index in [1.165, 1.54) is 25.9 Å². The van der Waals surface area contributed by atoms with Crippen LogP contribution in [0.25, 0.3) is 0 Å². The average molecular weight is 409 g/mol. The third kappa shape index (κ3) is 2.15. The summed E-state index contributed by atoms with van der Waals surface area (Å²) in [5.41, 5.74) is 0. The van der Waals surface area contributed by atoms with Crippen LogP contribution in [0.15, 0.2) is 0 Å². The number of hydrogen-bond acceptors (Lipinski definition) is 2. The SMILES string of the molecule is C[I-]I(C)N1CC2CCC(C1)N2C. The molecule has 0 amide bonds. The van der Waals surface area contributed by atoms with Gasteiger partial charge in [0.2, 0.25) is 0 Å². The zero-order chi connectivity index (χ0) is 9.42. The normalized spacial score (nSPS) is 37.0. The summed E-state index contributed by atoms with van der Waals surface area (Å²) in [6.07, 6.45) is 2.92. The van der Waals surface area contributed by atoms with Crippen molar-refractivity contribution in [1.29, 1.82) is 0 Å². The zero-order valence-corrected chi connectivity index (χ0v) is 12.9. The molecule has 2 rings (SSSR count). The molecule has 0 aliphatic carbocycles. The molecule has 0 aromatic carbocycles. The summed E-state index contributed by atoms with van der Waals surface area (Å²) in [5, 5.41) is 0. The van der Waals surface area contributed by atoms with Crippen LogP contribution in [-0.4, -0.2) is 50.1 Å². The monoisotopic (exact) mass is 409 g/mol. The Balaban J connectivity index is 1.98. The van der Waals surface area contributed by atoms with Crippen molar-refractivity contribution in [1.82, 2.24) is 8.01 Å². The predicted octanol–water partition coefficient (Wildman–Crippen LogP) is -1.55. The number of piperazine rings is 1. The van der Waals surface area contributed by atoms with Gasteiger partial charge in [0.15, 0.2) is 0 Å². The fourth-order valence-electron chi connectivity index (χ4n) is 2.34. The maximum absolute atomic E-state index is 2.89. The number of halogens is 2. The summed E-state index contributed by atoms with van der Waals surface area (Å²) in [6, 6.07) is 1.82. The first kappa shape index (κ1) is 10.9. The van der Waals surface area contributed by atoms with Crippen LogP contribution in [0.3, 0.4) is 0 Å².